The highest BCUT2D eigenvalue weighted by atomic mass is 19.1. The first-order valence-corrected chi connectivity index (χ1v) is 8.56. The number of hydrogen-bond acceptors (Lipinski definition) is 4. The molecule has 0 unspecified atom stereocenters. The molecule has 27 heavy (non-hydrogen) atoms. The molecule has 4 rings (SSSR count). The van der Waals surface area contributed by atoms with Gasteiger partial charge < -0.3 is 10.2 Å². The van der Waals surface area contributed by atoms with Crippen LogP contribution in [0.3, 0.4) is 0 Å². The molecule has 2 heterocycles. The van der Waals surface area contributed by atoms with E-state index in [0.717, 1.165) is 36.2 Å². The third-order valence-corrected chi connectivity index (χ3v) is 4.46. The molecule has 1 N–H and O–H groups in total. The van der Waals surface area contributed by atoms with E-state index in [4.69, 9.17) is 0 Å². The first kappa shape index (κ1) is 17.1. The van der Waals surface area contributed by atoms with E-state index in [-0.39, 0.29) is 23.1 Å². The van der Waals surface area contributed by atoms with Crippen LogP contribution in [0.2, 0.25) is 0 Å². The Bertz CT molecular complexity index is 989. The second kappa shape index (κ2) is 7.11. The summed E-state index contributed by atoms with van der Waals surface area (Å²) >= 11 is 0. The Morgan fingerprint density at radius 1 is 1.04 bits per heavy atom. The fourth-order valence-electron chi connectivity index (χ4n) is 3.17. The Balaban J connectivity index is 1.63. The number of rotatable bonds is 3. The van der Waals surface area contributed by atoms with Crippen LogP contribution in [0.4, 0.5) is 26.0 Å². The summed E-state index contributed by atoms with van der Waals surface area (Å²) in [4.78, 5) is 22.6. The lowest BCUT2D eigenvalue weighted by Crippen LogP contribution is -2.36. The van der Waals surface area contributed by atoms with E-state index >= 15 is 0 Å². The van der Waals surface area contributed by atoms with Crippen LogP contribution in [0.5, 0.6) is 0 Å². The zero-order valence-corrected chi connectivity index (χ0v) is 14.3. The van der Waals surface area contributed by atoms with Crippen LogP contribution in [0, 0.1) is 11.6 Å². The van der Waals surface area contributed by atoms with Gasteiger partial charge in [0, 0.05) is 18.3 Å². The van der Waals surface area contributed by atoms with Crippen molar-refractivity contribution in [3.63, 3.8) is 0 Å². The quantitative estimate of drug-likeness (QED) is 0.758. The van der Waals surface area contributed by atoms with Gasteiger partial charge in [-0.05, 0) is 36.6 Å². The summed E-state index contributed by atoms with van der Waals surface area (Å²) in [6.45, 7) is 0.588. The van der Waals surface area contributed by atoms with Gasteiger partial charge in [0.05, 0.1) is 0 Å². The van der Waals surface area contributed by atoms with Gasteiger partial charge in [-0.2, -0.15) is 0 Å². The average molecular weight is 366 g/mol. The predicted octanol–water partition coefficient (Wildman–Crippen LogP) is 4.09. The van der Waals surface area contributed by atoms with Crippen molar-refractivity contribution >= 4 is 23.1 Å². The van der Waals surface area contributed by atoms with E-state index in [2.05, 4.69) is 15.3 Å². The highest BCUT2D eigenvalue weighted by molar-refractivity contribution is 6.05. The van der Waals surface area contributed by atoms with Gasteiger partial charge in [0.2, 0.25) is 0 Å². The Morgan fingerprint density at radius 3 is 2.63 bits per heavy atom. The third-order valence-electron chi connectivity index (χ3n) is 4.46. The van der Waals surface area contributed by atoms with Crippen LogP contribution in [0.15, 0.2) is 54.9 Å². The van der Waals surface area contributed by atoms with Gasteiger partial charge in [0.1, 0.15) is 35.2 Å². The Hall–Kier alpha value is -3.35. The molecule has 1 aliphatic heterocycles. The van der Waals surface area contributed by atoms with Crippen LogP contribution in [-0.2, 0) is 6.42 Å². The lowest BCUT2D eigenvalue weighted by atomic mass is 10.0. The van der Waals surface area contributed by atoms with Crippen molar-refractivity contribution in [2.75, 3.05) is 16.8 Å². The van der Waals surface area contributed by atoms with Gasteiger partial charge in [-0.3, -0.25) is 4.79 Å². The molecular weight excluding hydrogens is 350 g/mol. The molecular formula is C20H16F2N4O. The van der Waals surface area contributed by atoms with Crippen molar-refractivity contribution < 1.29 is 13.6 Å². The van der Waals surface area contributed by atoms with Gasteiger partial charge in [0.25, 0.3) is 5.91 Å². The van der Waals surface area contributed by atoms with Crippen LogP contribution in [-0.4, -0.2) is 22.4 Å². The molecule has 7 heteroatoms. The first-order chi connectivity index (χ1) is 13.1. The number of aromatic nitrogens is 2. The van der Waals surface area contributed by atoms with Crippen LogP contribution >= 0.6 is 0 Å². The van der Waals surface area contributed by atoms with Gasteiger partial charge in [-0.1, -0.05) is 24.3 Å². The molecule has 0 atom stereocenters. The van der Waals surface area contributed by atoms with E-state index in [1.165, 1.54) is 18.5 Å². The molecule has 2 aromatic carbocycles. The zero-order chi connectivity index (χ0) is 18.8. The fraction of sp³-hybridized carbons (Fsp3) is 0.150. The molecule has 1 aliphatic rings. The van der Waals surface area contributed by atoms with Crippen molar-refractivity contribution in [1.29, 1.82) is 0 Å². The molecule has 3 aromatic rings. The summed E-state index contributed by atoms with van der Waals surface area (Å²) in [6.07, 6.45) is 2.98. The summed E-state index contributed by atoms with van der Waals surface area (Å²) in [7, 11) is 0. The second-order valence-electron chi connectivity index (χ2n) is 6.20. The van der Waals surface area contributed by atoms with Crippen LogP contribution in [0.25, 0.3) is 0 Å². The number of fused-ring (bicyclic) bond motifs is 1. The molecule has 0 aliphatic carbocycles. The highest BCUT2D eigenvalue weighted by Gasteiger charge is 2.24. The summed E-state index contributed by atoms with van der Waals surface area (Å²) in [5.41, 5.74) is 1.80. The SMILES string of the molecule is O=C(c1cc(Nc2c(F)cccc2F)ncn1)N1CCCc2ccccc21. The topological polar surface area (TPSA) is 58.1 Å². The van der Waals surface area contributed by atoms with Crippen LogP contribution in [0.1, 0.15) is 22.5 Å². The third kappa shape index (κ3) is 3.36. The number of benzene rings is 2. The number of nitrogens with one attached hydrogen (secondary N) is 1. The first-order valence-electron chi connectivity index (χ1n) is 8.56. The van der Waals surface area contributed by atoms with E-state index in [1.54, 1.807) is 4.90 Å². The summed E-state index contributed by atoms with van der Waals surface area (Å²) < 4.78 is 27.7. The number of amides is 1. The lowest BCUT2D eigenvalue weighted by Gasteiger charge is -2.29. The predicted molar refractivity (Wildman–Crippen MR) is 98.1 cm³/mol. The molecule has 0 spiro atoms. The molecule has 1 aromatic heterocycles. The summed E-state index contributed by atoms with van der Waals surface area (Å²) in [5.74, 6) is -1.62. The maximum Gasteiger partial charge on any atom is 0.277 e. The smallest absolute Gasteiger partial charge is 0.277 e. The molecule has 1 amide bonds. The summed E-state index contributed by atoms with van der Waals surface area (Å²) in [6, 6.07) is 12.7. The number of halogens is 2. The number of carbonyl (C=O) groups is 1. The number of aryl methyl sites for hydroxylation is 1. The maximum absolute atomic E-state index is 13.8. The molecule has 0 radical (unpaired) electrons. The van der Waals surface area contributed by atoms with E-state index in [0.29, 0.717) is 6.54 Å². The normalized spacial score (nSPS) is 13.2. The number of carbonyl (C=O) groups excluding carboxylic acids is 1. The fourth-order valence-corrected chi connectivity index (χ4v) is 3.17. The minimum atomic E-state index is -0.744. The minimum Gasteiger partial charge on any atom is -0.335 e. The average Bonchev–Trinajstić information content (AvgIpc) is 2.70. The Morgan fingerprint density at radius 2 is 1.81 bits per heavy atom. The zero-order valence-electron chi connectivity index (χ0n) is 14.3. The largest absolute Gasteiger partial charge is 0.335 e. The second-order valence-corrected chi connectivity index (χ2v) is 6.20. The van der Waals surface area contributed by atoms with E-state index in [9.17, 15) is 13.6 Å². The number of hydrogen-bond donors (Lipinski definition) is 1. The number of anilines is 3. The molecule has 136 valence electrons. The molecule has 0 bridgehead atoms. The Labute approximate surface area is 154 Å². The highest BCUT2D eigenvalue weighted by Crippen LogP contribution is 2.28. The van der Waals surface area contributed by atoms with E-state index in [1.807, 2.05) is 24.3 Å². The van der Waals surface area contributed by atoms with Crippen molar-refractivity contribution in [3.8, 4) is 0 Å². The number of nitrogens with zero attached hydrogens (tertiary/aromatic N) is 3. The van der Waals surface area contributed by atoms with Gasteiger partial charge in [0.15, 0.2) is 0 Å². The van der Waals surface area contributed by atoms with E-state index < -0.39 is 11.6 Å². The monoisotopic (exact) mass is 366 g/mol. The molecule has 5 nitrogen and oxygen atoms in total. The lowest BCUT2D eigenvalue weighted by molar-refractivity contribution is 0.0980. The summed E-state index contributed by atoms with van der Waals surface area (Å²) in [5, 5.41) is 2.59. The molecule has 0 fully saturated rings. The molecule has 0 saturated heterocycles. The number of para-hydroxylation sites is 2. The van der Waals surface area contributed by atoms with Crippen LogP contribution < -0.4 is 10.2 Å². The molecule has 0 saturated carbocycles. The van der Waals surface area contributed by atoms with Crippen molar-refractivity contribution in [1.82, 2.24) is 9.97 Å². The van der Waals surface area contributed by atoms with Crippen molar-refractivity contribution in [3.05, 3.63) is 77.8 Å². The minimum absolute atomic E-state index is 0.141. The standard InChI is InChI=1S/C20H16F2N4O/c21-14-7-3-8-15(22)19(14)25-18-11-16(23-12-24-18)20(27)26-10-4-6-13-5-1-2-9-17(13)26/h1-3,5,7-9,11-12H,4,6,10H2,(H,23,24,25). The van der Waals surface area contributed by atoms with Crippen molar-refractivity contribution in [2.24, 2.45) is 0 Å². The Kier molecular flexibility index (Phi) is 4.50. The maximum atomic E-state index is 13.8. The van der Waals surface area contributed by atoms with Gasteiger partial charge >= 0.3 is 0 Å². The van der Waals surface area contributed by atoms with Gasteiger partial charge in [-0.25, -0.2) is 18.7 Å². The van der Waals surface area contributed by atoms with Crippen molar-refractivity contribution in [2.45, 2.75) is 12.8 Å². The van der Waals surface area contributed by atoms with Gasteiger partial charge in [-0.15, -0.1) is 0 Å².